The summed E-state index contributed by atoms with van der Waals surface area (Å²) in [5.74, 6) is -0.663. The van der Waals surface area contributed by atoms with Crippen molar-refractivity contribution in [2.45, 2.75) is 6.92 Å². The lowest BCUT2D eigenvalue weighted by Crippen LogP contribution is -2.06. The zero-order valence-electron chi connectivity index (χ0n) is 9.82. The maximum absolute atomic E-state index is 10.9. The fraction of sp³-hybridized carbons (Fsp3) is 0.0833. The molecule has 98 valence electrons. The molecule has 0 unspecified atom stereocenters. The van der Waals surface area contributed by atoms with Crippen molar-refractivity contribution < 1.29 is 9.90 Å². The van der Waals surface area contributed by atoms with Gasteiger partial charge in [0.1, 0.15) is 0 Å². The van der Waals surface area contributed by atoms with Crippen LogP contribution in [-0.2, 0) is 0 Å². The lowest BCUT2D eigenvalue weighted by molar-refractivity contribution is 0.0695. The fourth-order valence-electron chi connectivity index (χ4n) is 1.45. The molecule has 2 rings (SSSR count). The Balaban J connectivity index is 2.29. The number of hydrogen-bond acceptors (Lipinski definition) is 4. The van der Waals surface area contributed by atoms with Crippen molar-refractivity contribution in [1.82, 2.24) is 9.97 Å². The average molecular weight is 434 g/mol. The lowest BCUT2D eigenvalue weighted by atomic mass is 10.2. The molecule has 7 heteroatoms. The number of carboxylic acids is 1. The summed E-state index contributed by atoms with van der Waals surface area (Å²) < 4.78 is 2.00. The number of hydrogen-bond donors (Lipinski definition) is 2. The number of aryl methyl sites for hydroxylation is 1. The van der Waals surface area contributed by atoms with Crippen molar-refractivity contribution in [3.63, 3.8) is 0 Å². The van der Waals surface area contributed by atoms with E-state index in [4.69, 9.17) is 5.11 Å². The van der Waals surface area contributed by atoms with Gasteiger partial charge in [-0.25, -0.2) is 14.8 Å². The molecular weight excluding hydrogens is 425 g/mol. The molecule has 0 radical (unpaired) electrons. The van der Waals surface area contributed by atoms with Gasteiger partial charge in [-0.05, 0) is 63.6 Å². The Bertz CT molecular complexity index is 649. The number of halogens is 2. The van der Waals surface area contributed by atoms with Crippen molar-refractivity contribution in [3.8, 4) is 0 Å². The second-order valence-electron chi connectivity index (χ2n) is 3.75. The number of carboxylic acid groups (broad SMARTS) is 1. The van der Waals surface area contributed by atoms with Crippen LogP contribution in [0, 0.1) is 10.5 Å². The molecule has 0 amide bonds. The first-order valence-corrected chi connectivity index (χ1v) is 7.13. The molecule has 1 heterocycles. The maximum Gasteiger partial charge on any atom is 0.339 e. The lowest BCUT2D eigenvalue weighted by Gasteiger charge is -2.08. The smallest absolute Gasteiger partial charge is 0.339 e. The molecule has 0 spiro atoms. The molecule has 0 bridgehead atoms. The molecule has 2 N–H and O–H groups in total. The van der Waals surface area contributed by atoms with E-state index in [9.17, 15) is 4.79 Å². The van der Waals surface area contributed by atoms with Gasteiger partial charge in [0.25, 0.3) is 0 Å². The second-order valence-corrected chi connectivity index (χ2v) is 5.85. The molecule has 0 atom stereocenters. The van der Waals surface area contributed by atoms with E-state index in [1.54, 1.807) is 6.92 Å². The molecule has 0 aliphatic carbocycles. The van der Waals surface area contributed by atoms with E-state index < -0.39 is 5.97 Å². The summed E-state index contributed by atoms with van der Waals surface area (Å²) >= 11 is 5.66. The van der Waals surface area contributed by atoms with E-state index in [0.717, 1.165) is 13.7 Å². The number of anilines is 2. The van der Waals surface area contributed by atoms with Gasteiger partial charge in [0.2, 0.25) is 5.95 Å². The Morgan fingerprint density at radius 2 is 2.21 bits per heavy atom. The van der Waals surface area contributed by atoms with Crippen LogP contribution in [0.1, 0.15) is 16.1 Å². The van der Waals surface area contributed by atoms with Gasteiger partial charge in [0, 0.05) is 14.2 Å². The monoisotopic (exact) mass is 433 g/mol. The van der Waals surface area contributed by atoms with E-state index in [2.05, 4.69) is 53.8 Å². The highest BCUT2D eigenvalue weighted by atomic mass is 127. The normalized spacial score (nSPS) is 10.3. The molecular formula is C12H9BrIN3O2. The third kappa shape index (κ3) is 3.41. The number of rotatable bonds is 3. The standard InChI is InChI=1S/C12H9BrIN3O2/c1-6-8(11(18)19)5-15-12(16-6)17-10-3-2-7(14)4-9(10)13/h2-5H,1H3,(H,18,19)(H,15,16,17). The van der Waals surface area contributed by atoms with Gasteiger partial charge in [0.05, 0.1) is 16.9 Å². The van der Waals surface area contributed by atoms with Gasteiger partial charge < -0.3 is 10.4 Å². The van der Waals surface area contributed by atoms with Crippen LogP contribution in [0.15, 0.2) is 28.9 Å². The minimum Gasteiger partial charge on any atom is -0.478 e. The summed E-state index contributed by atoms with van der Waals surface area (Å²) in [4.78, 5) is 19.0. The highest BCUT2D eigenvalue weighted by Crippen LogP contribution is 2.26. The van der Waals surface area contributed by atoms with Crippen LogP contribution in [0.2, 0.25) is 0 Å². The molecule has 0 fully saturated rings. The van der Waals surface area contributed by atoms with E-state index in [-0.39, 0.29) is 5.56 Å². The number of nitrogens with one attached hydrogen (secondary N) is 1. The molecule has 5 nitrogen and oxygen atoms in total. The summed E-state index contributed by atoms with van der Waals surface area (Å²) in [5.41, 5.74) is 1.35. The first kappa shape index (κ1) is 14.2. The highest BCUT2D eigenvalue weighted by Gasteiger charge is 2.10. The zero-order valence-corrected chi connectivity index (χ0v) is 13.6. The van der Waals surface area contributed by atoms with E-state index in [1.807, 2.05) is 18.2 Å². The summed E-state index contributed by atoms with van der Waals surface area (Å²) in [5, 5.41) is 12.0. The SMILES string of the molecule is Cc1nc(Nc2ccc(I)cc2Br)ncc1C(=O)O. The van der Waals surface area contributed by atoms with Crippen molar-refractivity contribution in [2.75, 3.05) is 5.32 Å². The fourth-order valence-corrected chi connectivity index (χ4v) is 2.85. The molecule has 0 saturated carbocycles. The van der Waals surface area contributed by atoms with Crippen molar-refractivity contribution in [1.29, 1.82) is 0 Å². The number of carbonyl (C=O) groups is 1. The van der Waals surface area contributed by atoms with Gasteiger partial charge in [-0.2, -0.15) is 0 Å². The van der Waals surface area contributed by atoms with Crippen molar-refractivity contribution in [2.24, 2.45) is 0 Å². The number of aromatic carboxylic acids is 1. The van der Waals surface area contributed by atoms with Gasteiger partial charge >= 0.3 is 5.97 Å². The molecule has 0 saturated heterocycles. The third-order valence-electron chi connectivity index (χ3n) is 2.39. The van der Waals surface area contributed by atoms with Gasteiger partial charge in [0.15, 0.2) is 0 Å². The van der Waals surface area contributed by atoms with Crippen LogP contribution < -0.4 is 5.32 Å². The van der Waals surface area contributed by atoms with Gasteiger partial charge in [-0.15, -0.1) is 0 Å². The maximum atomic E-state index is 10.9. The molecule has 19 heavy (non-hydrogen) atoms. The number of benzene rings is 1. The topological polar surface area (TPSA) is 75.1 Å². The van der Waals surface area contributed by atoms with Crippen LogP contribution >= 0.6 is 38.5 Å². The Morgan fingerprint density at radius 3 is 2.79 bits per heavy atom. The van der Waals surface area contributed by atoms with Crippen LogP contribution in [0.25, 0.3) is 0 Å². The Kier molecular flexibility index (Phi) is 4.35. The third-order valence-corrected chi connectivity index (χ3v) is 3.71. The van der Waals surface area contributed by atoms with E-state index in [0.29, 0.717) is 11.6 Å². The number of nitrogens with zero attached hydrogens (tertiary/aromatic N) is 2. The average Bonchev–Trinajstić information content (AvgIpc) is 2.32. The highest BCUT2D eigenvalue weighted by molar-refractivity contribution is 14.1. The first-order valence-electron chi connectivity index (χ1n) is 5.26. The van der Waals surface area contributed by atoms with Crippen LogP contribution in [0.4, 0.5) is 11.6 Å². The van der Waals surface area contributed by atoms with Crippen LogP contribution in [-0.4, -0.2) is 21.0 Å². The minimum absolute atomic E-state index is 0.104. The zero-order chi connectivity index (χ0) is 14.0. The molecule has 1 aromatic heterocycles. The Morgan fingerprint density at radius 1 is 1.47 bits per heavy atom. The summed E-state index contributed by atoms with van der Waals surface area (Å²) in [7, 11) is 0. The Labute approximate surface area is 131 Å². The van der Waals surface area contributed by atoms with Crippen molar-refractivity contribution >= 4 is 56.1 Å². The largest absolute Gasteiger partial charge is 0.478 e. The molecule has 2 aromatic rings. The van der Waals surface area contributed by atoms with Gasteiger partial charge in [-0.3, -0.25) is 0 Å². The number of aromatic nitrogens is 2. The van der Waals surface area contributed by atoms with E-state index in [1.165, 1.54) is 6.20 Å². The predicted molar refractivity (Wildman–Crippen MR) is 83.9 cm³/mol. The Hall–Kier alpha value is -1.22. The summed E-state index contributed by atoms with van der Waals surface area (Å²) in [6.07, 6.45) is 1.30. The van der Waals surface area contributed by atoms with E-state index >= 15 is 0 Å². The second kappa shape index (κ2) is 5.83. The van der Waals surface area contributed by atoms with Crippen LogP contribution in [0.3, 0.4) is 0 Å². The predicted octanol–water partition coefficient (Wildman–Crippen LogP) is 3.59. The summed E-state index contributed by atoms with van der Waals surface area (Å²) in [6, 6.07) is 5.81. The quantitative estimate of drug-likeness (QED) is 0.723. The molecule has 1 aromatic carbocycles. The van der Waals surface area contributed by atoms with Crippen LogP contribution in [0.5, 0.6) is 0 Å². The minimum atomic E-state index is -1.03. The first-order chi connectivity index (χ1) is 8.97. The van der Waals surface area contributed by atoms with Crippen molar-refractivity contribution in [3.05, 3.63) is 43.7 Å². The van der Waals surface area contributed by atoms with Gasteiger partial charge in [-0.1, -0.05) is 0 Å². The summed E-state index contributed by atoms with van der Waals surface area (Å²) in [6.45, 7) is 1.64. The molecule has 0 aliphatic rings. The molecule has 0 aliphatic heterocycles.